The molecule has 2 atom stereocenters. The number of nitrogens with one attached hydrogen (secondary N) is 1. The SMILES string of the molecule is CCCC/C=C\CC[C@H](CCC(=O)NC)OC(=O)[C@@H]1CCCN1C(=O)OCc1ccccc1. The molecule has 1 aliphatic heterocycles. The van der Waals surface area contributed by atoms with Crippen molar-refractivity contribution in [2.45, 2.75) is 83.5 Å². The van der Waals surface area contributed by atoms with Crippen LogP contribution in [-0.4, -0.2) is 48.6 Å². The summed E-state index contributed by atoms with van der Waals surface area (Å²) in [5.41, 5.74) is 0.894. The Morgan fingerprint density at radius 2 is 1.91 bits per heavy atom. The highest BCUT2D eigenvalue weighted by atomic mass is 16.6. The molecular weight excluding hydrogens is 420 g/mol. The molecule has 0 bridgehead atoms. The van der Waals surface area contributed by atoms with Crippen LogP contribution >= 0.6 is 0 Å². The van der Waals surface area contributed by atoms with Gasteiger partial charge < -0.3 is 14.8 Å². The minimum absolute atomic E-state index is 0.0819. The van der Waals surface area contributed by atoms with Gasteiger partial charge in [0, 0.05) is 20.0 Å². The van der Waals surface area contributed by atoms with Crippen molar-refractivity contribution in [2.24, 2.45) is 0 Å². The van der Waals surface area contributed by atoms with E-state index >= 15 is 0 Å². The fraction of sp³-hybridized carbons (Fsp3) is 0.577. The summed E-state index contributed by atoms with van der Waals surface area (Å²) < 4.78 is 11.2. The monoisotopic (exact) mass is 458 g/mol. The Bertz CT molecular complexity index is 765. The van der Waals surface area contributed by atoms with Crippen LogP contribution in [0, 0.1) is 0 Å². The lowest BCUT2D eigenvalue weighted by Gasteiger charge is -2.25. The third kappa shape index (κ3) is 9.68. The van der Waals surface area contributed by atoms with Gasteiger partial charge in [-0.3, -0.25) is 9.69 Å². The van der Waals surface area contributed by atoms with Gasteiger partial charge in [-0.2, -0.15) is 0 Å². The average molecular weight is 459 g/mol. The molecular formula is C26H38N2O5. The number of esters is 1. The topological polar surface area (TPSA) is 84.9 Å². The zero-order valence-corrected chi connectivity index (χ0v) is 20.0. The lowest BCUT2D eigenvalue weighted by Crippen LogP contribution is -2.42. The van der Waals surface area contributed by atoms with Crippen molar-refractivity contribution in [3.8, 4) is 0 Å². The summed E-state index contributed by atoms with van der Waals surface area (Å²) in [7, 11) is 1.59. The predicted molar refractivity (Wildman–Crippen MR) is 127 cm³/mol. The number of amides is 2. The first-order valence-electron chi connectivity index (χ1n) is 12.1. The number of ether oxygens (including phenoxy) is 2. The number of benzene rings is 1. The standard InChI is InChI=1S/C26H38N2O5/c1-3-4-5-6-7-11-15-22(17-18-24(29)27-2)33-25(30)23-16-12-19-28(23)26(31)32-20-21-13-9-8-10-14-21/h6-10,13-14,22-23H,3-5,11-12,15-20H2,1-2H3,(H,27,29)/b7-6-/t22-,23+/m1/s1. The molecule has 1 aliphatic rings. The molecule has 2 rings (SSSR count). The molecule has 33 heavy (non-hydrogen) atoms. The van der Waals surface area contributed by atoms with Crippen molar-refractivity contribution in [1.29, 1.82) is 0 Å². The first-order valence-corrected chi connectivity index (χ1v) is 12.1. The van der Waals surface area contributed by atoms with Crippen LogP contribution in [0.15, 0.2) is 42.5 Å². The summed E-state index contributed by atoms with van der Waals surface area (Å²) in [5.74, 6) is -0.498. The van der Waals surface area contributed by atoms with E-state index in [1.807, 2.05) is 30.3 Å². The van der Waals surface area contributed by atoms with Gasteiger partial charge in [-0.1, -0.05) is 62.2 Å². The summed E-state index contributed by atoms with van der Waals surface area (Å²) in [6.07, 6.45) is 10.2. The van der Waals surface area contributed by atoms with Gasteiger partial charge in [0.15, 0.2) is 0 Å². The van der Waals surface area contributed by atoms with Gasteiger partial charge >= 0.3 is 12.1 Å². The van der Waals surface area contributed by atoms with Crippen LogP contribution < -0.4 is 5.32 Å². The molecule has 0 saturated carbocycles. The summed E-state index contributed by atoms with van der Waals surface area (Å²) in [4.78, 5) is 38.7. The van der Waals surface area contributed by atoms with Crippen LogP contribution in [0.25, 0.3) is 0 Å². The second kappa shape index (κ2) is 15.1. The quantitative estimate of drug-likeness (QED) is 0.262. The minimum Gasteiger partial charge on any atom is -0.461 e. The van der Waals surface area contributed by atoms with Gasteiger partial charge in [0.1, 0.15) is 18.8 Å². The van der Waals surface area contributed by atoms with Crippen LogP contribution in [0.2, 0.25) is 0 Å². The number of unbranched alkanes of at least 4 members (excludes halogenated alkanes) is 2. The van der Waals surface area contributed by atoms with Crippen molar-refractivity contribution in [1.82, 2.24) is 10.2 Å². The third-order valence-corrected chi connectivity index (χ3v) is 5.77. The van der Waals surface area contributed by atoms with E-state index in [-0.39, 0.29) is 18.6 Å². The number of carbonyl (C=O) groups is 3. The highest BCUT2D eigenvalue weighted by Crippen LogP contribution is 2.22. The Kier molecular flexibility index (Phi) is 12.1. The summed E-state index contributed by atoms with van der Waals surface area (Å²) >= 11 is 0. The minimum atomic E-state index is -0.643. The van der Waals surface area contributed by atoms with E-state index < -0.39 is 18.1 Å². The number of likely N-dealkylation sites (tertiary alicyclic amines) is 1. The fourth-order valence-corrected chi connectivity index (χ4v) is 3.79. The molecule has 182 valence electrons. The van der Waals surface area contributed by atoms with Crippen LogP contribution in [0.1, 0.15) is 70.3 Å². The van der Waals surface area contributed by atoms with Gasteiger partial charge in [-0.05, 0) is 44.1 Å². The summed E-state index contributed by atoms with van der Waals surface area (Å²) in [6.45, 7) is 2.79. The van der Waals surface area contributed by atoms with E-state index in [2.05, 4.69) is 24.4 Å². The number of rotatable bonds is 13. The van der Waals surface area contributed by atoms with E-state index in [1.165, 1.54) is 4.90 Å². The number of allylic oxidation sites excluding steroid dienone is 2. The maximum absolute atomic E-state index is 12.9. The molecule has 0 aliphatic carbocycles. The molecule has 1 aromatic rings. The largest absolute Gasteiger partial charge is 0.461 e. The summed E-state index contributed by atoms with van der Waals surface area (Å²) in [5, 5.41) is 2.61. The van der Waals surface area contributed by atoms with Crippen molar-refractivity contribution >= 4 is 18.0 Å². The molecule has 1 saturated heterocycles. The molecule has 1 N–H and O–H groups in total. The van der Waals surface area contributed by atoms with Crippen LogP contribution in [0.3, 0.4) is 0 Å². The number of carbonyl (C=O) groups excluding carboxylic acids is 3. The third-order valence-electron chi connectivity index (χ3n) is 5.77. The smallest absolute Gasteiger partial charge is 0.410 e. The van der Waals surface area contributed by atoms with Crippen molar-refractivity contribution in [2.75, 3.05) is 13.6 Å². The van der Waals surface area contributed by atoms with Gasteiger partial charge in [-0.15, -0.1) is 0 Å². The molecule has 1 aromatic carbocycles. The molecule has 1 heterocycles. The molecule has 0 radical (unpaired) electrons. The fourth-order valence-electron chi connectivity index (χ4n) is 3.79. The van der Waals surface area contributed by atoms with E-state index in [0.29, 0.717) is 32.2 Å². The molecule has 0 unspecified atom stereocenters. The lowest BCUT2D eigenvalue weighted by atomic mass is 10.1. The van der Waals surface area contributed by atoms with Crippen LogP contribution in [0.4, 0.5) is 4.79 Å². The van der Waals surface area contributed by atoms with Crippen LogP contribution in [0.5, 0.6) is 0 Å². The second-order valence-corrected chi connectivity index (χ2v) is 8.35. The molecule has 7 nitrogen and oxygen atoms in total. The molecule has 2 amide bonds. The first kappa shape index (κ1) is 26.4. The Labute approximate surface area is 197 Å². The van der Waals surface area contributed by atoms with Crippen molar-refractivity contribution < 1.29 is 23.9 Å². The average Bonchev–Trinajstić information content (AvgIpc) is 3.33. The van der Waals surface area contributed by atoms with E-state index in [0.717, 1.165) is 37.7 Å². The zero-order chi connectivity index (χ0) is 23.9. The van der Waals surface area contributed by atoms with E-state index in [1.54, 1.807) is 7.05 Å². The molecule has 0 aromatic heterocycles. The Morgan fingerprint density at radius 3 is 2.64 bits per heavy atom. The normalized spacial score (nSPS) is 16.5. The van der Waals surface area contributed by atoms with Gasteiger partial charge in [-0.25, -0.2) is 9.59 Å². The number of hydrogen-bond donors (Lipinski definition) is 1. The van der Waals surface area contributed by atoms with E-state index in [9.17, 15) is 14.4 Å². The van der Waals surface area contributed by atoms with Crippen molar-refractivity contribution in [3.63, 3.8) is 0 Å². The predicted octanol–water partition coefficient (Wildman–Crippen LogP) is 4.75. The highest BCUT2D eigenvalue weighted by Gasteiger charge is 2.37. The summed E-state index contributed by atoms with van der Waals surface area (Å²) in [6, 6.07) is 8.80. The molecule has 7 heteroatoms. The van der Waals surface area contributed by atoms with Crippen LogP contribution in [-0.2, 0) is 25.7 Å². The zero-order valence-electron chi connectivity index (χ0n) is 20.0. The van der Waals surface area contributed by atoms with Gasteiger partial charge in [0.05, 0.1) is 0 Å². The van der Waals surface area contributed by atoms with Crippen molar-refractivity contribution in [3.05, 3.63) is 48.0 Å². The first-order chi connectivity index (χ1) is 16.0. The maximum Gasteiger partial charge on any atom is 0.410 e. The lowest BCUT2D eigenvalue weighted by molar-refractivity contribution is -0.155. The van der Waals surface area contributed by atoms with E-state index in [4.69, 9.17) is 9.47 Å². The molecule has 1 fully saturated rings. The Hall–Kier alpha value is -2.83. The maximum atomic E-state index is 12.9. The molecule has 0 spiro atoms. The Balaban J connectivity index is 1.90. The number of nitrogens with zero attached hydrogens (tertiary/aromatic N) is 1. The second-order valence-electron chi connectivity index (χ2n) is 8.35. The Morgan fingerprint density at radius 1 is 1.15 bits per heavy atom. The van der Waals surface area contributed by atoms with Gasteiger partial charge in [0.25, 0.3) is 0 Å². The highest BCUT2D eigenvalue weighted by molar-refractivity contribution is 5.82. The number of hydrogen-bond acceptors (Lipinski definition) is 5. The van der Waals surface area contributed by atoms with Gasteiger partial charge in [0.2, 0.25) is 5.91 Å².